The Morgan fingerprint density at radius 2 is 1.89 bits per heavy atom. The van der Waals surface area contributed by atoms with Crippen LogP contribution in [0.25, 0.3) is 22.2 Å². The molecular formula is C24H25N7O4. The lowest BCUT2D eigenvalue weighted by molar-refractivity contribution is -0.0545. The summed E-state index contributed by atoms with van der Waals surface area (Å²) >= 11 is 0. The van der Waals surface area contributed by atoms with Crippen molar-refractivity contribution in [2.24, 2.45) is 0 Å². The predicted octanol–water partition coefficient (Wildman–Crippen LogP) is 2.13. The molecule has 1 aromatic carbocycles. The number of anilines is 3. The molecule has 0 atom stereocenters. The Balaban J connectivity index is 1.30. The van der Waals surface area contributed by atoms with E-state index < -0.39 is 0 Å². The van der Waals surface area contributed by atoms with Crippen LogP contribution in [0.2, 0.25) is 0 Å². The molecule has 2 aliphatic heterocycles. The largest absolute Gasteiger partial charge is 0.378 e. The minimum Gasteiger partial charge on any atom is -0.378 e. The molecule has 0 amide bonds. The second-order valence-electron chi connectivity index (χ2n) is 8.38. The fourth-order valence-corrected chi connectivity index (χ4v) is 4.30. The van der Waals surface area contributed by atoms with Gasteiger partial charge in [0.1, 0.15) is 11.2 Å². The fraction of sp³-hybridized carbons (Fsp3) is 0.333. The summed E-state index contributed by atoms with van der Waals surface area (Å²) < 4.78 is 18.2. The van der Waals surface area contributed by atoms with Crippen molar-refractivity contribution in [2.75, 3.05) is 49.7 Å². The van der Waals surface area contributed by atoms with Crippen LogP contribution in [-0.2, 0) is 20.8 Å². The van der Waals surface area contributed by atoms with Gasteiger partial charge in [0, 0.05) is 36.2 Å². The smallest absolute Gasteiger partial charge is 0.262 e. The maximum atomic E-state index is 12.7. The molecule has 11 heteroatoms. The van der Waals surface area contributed by atoms with Gasteiger partial charge in [-0.2, -0.15) is 5.10 Å². The van der Waals surface area contributed by atoms with Crippen molar-refractivity contribution in [3.63, 3.8) is 0 Å². The average molecular weight is 476 g/mol. The van der Waals surface area contributed by atoms with Crippen molar-refractivity contribution in [3.8, 4) is 11.3 Å². The molecule has 2 saturated heterocycles. The first-order valence-electron chi connectivity index (χ1n) is 11.6. The van der Waals surface area contributed by atoms with E-state index in [9.17, 15) is 4.79 Å². The van der Waals surface area contributed by atoms with E-state index in [4.69, 9.17) is 19.2 Å². The van der Waals surface area contributed by atoms with Crippen LogP contribution in [0.4, 0.5) is 17.2 Å². The number of ether oxygens (including phenoxy) is 3. The highest BCUT2D eigenvalue weighted by molar-refractivity contribution is 5.92. The van der Waals surface area contributed by atoms with Gasteiger partial charge in [0.2, 0.25) is 0 Å². The molecule has 180 valence electrons. The van der Waals surface area contributed by atoms with Crippen LogP contribution >= 0.6 is 0 Å². The van der Waals surface area contributed by atoms with E-state index in [0.29, 0.717) is 42.2 Å². The number of aromatic nitrogens is 5. The molecule has 11 nitrogen and oxygen atoms in total. The number of hydrogen-bond donors (Lipinski definition) is 2. The van der Waals surface area contributed by atoms with E-state index in [1.165, 1.54) is 6.33 Å². The van der Waals surface area contributed by atoms with Crippen molar-refractivity contribution < 1.29 is 14.2 Å². The molecule has 0 spiro atoms. The number of nitrogens with zero attached hydrogens (tertiary/aromatic N) is 5. The van der Waals surface area contributed by atoms with Gasteiger partial charge in [0.25, 0.3) is 5.56 Å². The van der Waals surface area contributed by atoms with Crippen LogP contribution < -0.4 is 15.8 Å². The third-order valence-corrected chi connectivity index (χ3v) is 6.09. The van der Waals surface area contributed by atoms with Gasteiger partial charge >= 0.3 is 0 Å². The normalized spacial score (nSPS) is 16.7. The molecule has 2 aliphatic rings. The van der Waals surface area contributed by atoms with Crippen molar-refractivity contribution >= 4 is 28.1 Å². The van der Waals surface area contributed by atoms with Crippen LogP contribution in [0.5, 0.6) is 0 Å². The van der Waals surface area contributed by atoms with E-state index in [1.807, 2.05) is 18.3 Å². The molecule has 35 heavy (non-hydrogen) atoms. The van der Waals surface area contributed by atoms with Gasteiger partial charge in [0.15, 0.2) is 6.29 Å². The second kappa shape index (κ2) is 9.45. The van der Waals surface area contributed by atoms with Crippen LogP contribution in [-0.4, -0.2) is 70.5 Å². The highest BCUT2D eigenvalue weighted by Gasteiger charge is 2.18. The number of pyridine rings is 1. The zero-order chi connectivity index (χ0) is 23.6. The van der Waals surface area contributed by atoms with E-state index in [2.05, 4.69) is 37.4 Å². The van der Waals surface area contributed by atoms with Crippen LogP contribution in [0, 0.1) is 0 Å². The minimum absolute atomic E-state index is 0.257. The number of hydrogen-bond acceptors (Lipinski definition) is 9. The van der Waals surface area contributed by atoms with Crippen LogP contribution in [0.1, 0.15) is 0 Å². The summed E-state index contributed by atoms with van der Waals surface area (Å²) in [6.07, 6.45) is 4.71. The third-order valence-electron chi connectivity index (χ3n) is 6.09. The molecule has 0 unspecified atom stereocenters. The molecule has 2 fully saturated rings. The molecule has 6 rings (SSSR count). The summed E-state index contributed by atoms with van der Waals surface area (Å²) in [7, 11) is 0. The Hall–Kier alpha value is -3.80. The van der Waals surface area contributed by atoms with E-state index >= 15 is 0 Å². The topological polar surface area (TPSA) is 119 Å². The quantitative estimate of drug-likeness (QED) is 0.432. The van der Waals surface area contributed by atoms with Gasteiger partial charge in [-0.1, -0.05) is 0 Å². The first-order valence-corrected chi connectivity index (χ1v) is 11.6. The number of fused-ring (bicyclic) bond motifs is 1. The lowest BCUT2D eigenvalue weighted by Gasteiger charge is -2.28. The third kappa shape index (κ3) is 4.61. The number of morpholine rings is 1. The van der Waals surface area contributed by atoms with E-state index in [0.717, 1.165) is 43.2 Å². The Bertz CT molecular complexity index is 1370. The molecule has 0 radical (unpaired) electrons. The zero-order valence-corrected chi connectivity index (χ0v) is 19.0. The maximum absolute atomic E-state index is 12.7. The summed E-state index contributed by atoms with van der Waals surface area (Å²) in [6.45, 7) is 4.88. The number of rotatable bonds is 6. The summed E-state index contributed by atoms with van der Waals surface area (Å²) in [5.74, 6) is 0.432. The standard InChI is InChI=1S/C24H25N7O4/c32-24-22-20(25-15-26-24)11-19(16-12-27-31(13-16)14-21-34-9-10-35-21)29-23(22)28-17-1-3-18(4-2-17)30-5-7-33-8-6-30/h1-4,11-13,15,21H,5-10,14H2,(H,28,29)(H,25,26,32). The Morgan fingerprint density at radius 1 is 1.09 bits per heavy atom. The lowest BCUT2D eigenvalue weighted by atomic mass is 10.1. The summed E-state index contributed by atoms with van der Waals surface area (Å²) in [5, 5.41) is 8.12. The van der Waals surface area contributed by atoms with Gasteiger partial charge < -0.3 is 29.4 Å². The predicted molar refractivity (Wildman–Crippen MR) is 130 cm³/mol. The molecular weight excluding hydrogens is 450 g/mol. The van der Waals surface area contributed by atoms with Gasteiger partial charge in [-0.05, 0) is 30.3 Å². The molecule has 0 bridgehead atoms. The molecule has 0 aliphatic carbocycles. The number of benzene rings is 1. The first kappa shape index (κ1) is 21.7. The monoisotopic (exact) mass is 475 g/mol. The number of nitrogens with one attached hydrogen (secondary N) is 2. The Labute approximate surface area is 200 Å². The molecule has 2 N–H and O–H groups in total. The Morgan fingerprint density at radius 3 is 2.69 bits per heavy atom. The minimum atomic E-state index is -0.301. The Kier molecular flexibility index (Phi) is 5.86. The maximum Gasteiger partial charge on any atom is 0.262 e. The summed E-state index contributed by atoms with van der Waals surface area (Å²) in [4.78, 5) is 26.7. The first-order chi connectivity index (χ1) is 17.2. The molecule has 0 saturated carbocycles. The summed E-state index contributed by atoms with van der Waals surface area (Å²) in [6, 6.07) is 9.87. The van der Waals surface area contributed by atoms with Crippen molar-refractivity contribution in [3.05, 3.63) is 59.4 Å². The number of aromatic amines is 1. The van der Waals surface area contributed by atoms with Crippen molar-refractivity contribution in [2.45, 2.75) is 12.8 Å². The highest BCUT2D eigenvalue weighted by Crippen LogP contribution is 2.28. The van der Waals surface area contributed by atoms with E-state index in [1.54, 1.807) is 16.9 Å². The lowest BCUT2D eigenvalue weighted by Crippen LogP contribution is -2.36. The zero-order valence-electron chi connectivity index (χ0n) is 19.0. The van der Waals surface area contributed by atoms with Gasteiger partial charge in [-0.15, -0.1) is 0 Å². The molecule has 4 aromatic rings. The van der Waals surface area contributed by atoms with Gasteiger partial charge in [-0.3, -0.25) is 9.48 Å². The van der Waals surface area contributed by atoms with Gasteiger partial charge in [-0.25, -0.2) is 9.97 Å². The molecule has 5 heterocycles. The van der Waals surface area contributed by atoms with Crippen molar-refractivity contribution in [1.29, 1.82) is 0 Å². The van der Waals surface area contributed by atoms with E-state index in [-0.39, 0.29) is 11.8 Å². The SMILES string of the molecule is O=c1[nH]cnc2cc(-c3cnn(CC4OCCO4)c3)nc(Nc3ccc(N4CCOCC4)cc3)c12. The van der Waals surface area contributed by atoms with Crippen molar-refractivity contribution in [1.82, 2.24) is 24.7 Å². The fourth-order valence-electron chi connectivity index (χ4n) is 4.30. The average Bonchev–Trinajstić information content (AvgIpc) is 3.58. The highest BCUT2D eigenvalue weighted by atomic mass is 16.7. The van der Waals surface area contributed by atoms with Gasteiger partial charge in [0.05, 0.1) is 56.7 Å². The van der Waals surface area contributed by atoms with Crippen LogP contribution in [0.3, 0.4) is 0 Å². The summed E-state index contributed by atoms with van der Waals surface area (Å²) in [5.41, 5.74) is 3.70. The number of H-pyrrole nitrogens is 1. The second-order valence-corrected chi connectivity index (χ2v) is 8.38. The van der Waals surface area contributed by atoms with Crippen LogP contribution in [0.15, 0.2) is 53.8 Å². The molecule has 3 aromatic heterocycles.